The van der Waals surface area contributed by atoms with Crippen LogP contribution in [-0.4, -0.2) is 64.4 Å². The molecular weight excluding hydrogens is 701 g/mol. The fourth-order valence-corrected chi connectivity index (χ4v) is 5.90. The van der Waals surface area contributed by atoms with E-state index in [4.69, 9.17) is 10.00 Å². The van der Waals surface area contributed by atoms with Gasteiger partial charge in [0, 0.05) is 75.1 Å². The van der Waals surface area contributed by atoms with E-state index >= 15 is 0 Å². The van der Waals surface area contributed by atoms with E-state index in [0.29, 0.717) is 48.6 Å². The second-order valence-corrected chi connectivity index (χ2v) is 11.5. The molecule has 0 bridgehead atoms. The number of hydrogen-bond donors (Lipinski definition) is 1. The molecule has 0 atom stereocenters. The van der Waals surface area contributed by atoms with Gasteiger partial charge in [-0.05, 0) is 66.2 Å². The van der Waals surface area contributed by atoms with Crippen LogP contribution >= 0.6 is 17.0 Å². The predicted octanol–water partition coefficient (Wildman–Crippen LogP) is 6.82. The Balaban J connectivity index is 0.00000468. The van der Waals surface area contributed by atoms with Gasteiger partial charge in [0.1, 0.15) is 11.4 Å². The lowest BCUT2D eigenvalue weighted by Gasteiger charge is -2.34. The fourth-order valence-electron chi connectivity index (χ4n) is 5.90. The number of pyridine rings is 1. The van der Waals surface area contributed by atoms with E-state index in [0.717, 1.165) is 35.8 Å². The zero-order valence-electron chi connectivity index (χ0n) is 26.6. The average Bonchev–Trinajstić information content (AvgIpc) is 3.44. The van der Waals surface area contributed by atoms with Crippen molar-refractivity contribution >= 4 is 39.7 Å². The Morgan fingerprint density at radius 3 is 2.37 bits per heavy atom. The lowest BCUT2D eigenvalue weighted by Crippen LogP contribution is -2.48. The van der Waals surface area contributed by atoms with Crippen LogP contribution in [0.15, 0.2) is 85.1 Å². The summed E-state index contributed by atoms with van der Waals surface area (Å²) in [6.07, 6.45) is -3.18. The maximum absolute atomic E-state index is 13.8. The van der Waals surface area contributed by atoms with Crippen LogP contribution in [0.3, 0.4) is 0 Å². The highest BCUT2D eigenvalue weighted by Crippen LogP contribution is 2.39. The number of amides is 2. The first-order valence-electron chi connectivity index (χ1n) is 15.2. The minimum atomic E-state index is -4.63. The minimum Gasteiger partial charge on any atom is -0.438 e. The molecule has 1 N–H and O–H groups in total. The highest BCUT2D eigenvalue weighted by atomic mass is 79.9. The molecule has 1 saturated heterocycles. The molecule has 0 aliphatic carbocycles. The Hall–Kier alpha value is -5.19. The number of alkyl halides is 3. The largest absolute Gasteiger partial charge is 0.438 e. The highest BCUT2D eigenvalue weighted by molar-refractivity contribution is 8.93. The molecule has 5 aromatic rings. The van der Waals surface area contributed by atoms with Crippen molar-refractivity contribution in [2.75, 3.05) is 33.2 Å². The van der Waals surface area contributed by atoms with Crippen molar-refractivity contribution in [3.05, 3.63) is 113 Å². The predicted molar refractivity (Wildman–Crippen MR) is 184 cm³/mol. The van der Waals surface area contributed by atoms with Crippen LogP contribution in [0.5, 0.6) is 11.6 Å². The van der Waals surface area contributed by atoms with Gasteiger partial charge in [-0.15, -0.1) is 17.0 Å². The van der Waals surface area contributed by atoms with Gasteiger partial charge in [-0.3, -0.25) is 14.5 Å². The fraction of sp³-hybridized carbons (Fsp3) is 0.222. The molecule has 13 heteroatoms. The number of ether oxygens (including phenoxy) is 1. The van der Waals surface area contributed by atoms with E-state index in [1.165, 1.54) is 13.2 Å². The number of halogens is 4. The topological polar surface area (TPSA) is 103 Å². The van der Waals surface area contributed by atoms with E-state index in [1.807, 2.05) is 23.1 Å². The molecule has 1 aliphatic rings. The number of nitrogens with zero attached hydrogens (tertiary/aromatic N) is 5. The number of fused-ring (bicyclic) bond motifs is 1. The van der Waals surface area contributed by atoms with Gasteiger partial charge >= 0.3 is 6.18 Å². The summed E-state index contributed by atoms with van der Waals surface area (Å²) in [6, 6.07) is 22.7. The van der Waals surface area contributed by atoms with Gasteiger partial charge in [-0.25, -0.2) is 4.98 Å². The van der Waals surface area contributed by atoms with Crippen LogP contribution in [0.1, 0.15) is 37.5 Å². The van der Waals surface area contributed by atoms with E-state index in [2.05, 4.69) is 21.3 Å². The number of aryl methyl sites for hydroxylation is 1. The Kier molecular flexibility index (Phi) is 10.4. The number of hydrogen-bond acceptors (Lipinski definition) is 6. The molecular formula is C36H32BrF3N6O3. The summed E-state index contributed by atoms with van der Waals surface area (Å²) < 4.78 is 49.2. The number of nitrogens with one attached hydrogen (secondary N) is 1. The summed E-state index contributed by atoms with van der Waals surface area (Å²) in [4.78, 5) is 34.8. The maximum Gasteiger partial charge on any atom is 0.416 e. The van der Waals surface area contributed by atoms with Crippen LogP contribution in [-0.2, 0) is 19.8 Å². The highest BCUT2D eigenvalue weighted by Gasteiger charge is 2.32. The van der Waals surface area contributed by atoms with Crippen LogP contribution in [0.4, 0.5) is 13.2 Å². The van der Waals surface area contributed by atoms with E-state index < -0.39 is 17.6 Å². The molecule has 2 aromatic heterocycles. The first-order valence-corrected chi connectivity index (χ1v) is 15.2. The number of aromatic nitrogens is 2. The molecule has 49 heavy (non-hydrogen) atoms. The van der Waals surface area contributed by atoms with Gasteiger partial charge in [0.2, 0.25) is 5.88 Å². The Bertz CT molecular complexity index is 2050. The second kappa shape index (κ2) is 14.5. The molecule has 252 valence electrons. The second-order valence-electron chi connectivity index (χ2n) is 11.5. The lowest BCUT2D eigenvalue weighted by molar-refractivity contribution is -0.137. The summed E-state index contributed by atoms with van der Waals surface area (Å²) in [5, 5.41) is 12.1. The lowest BCUT2D eigenvalue weighted by atomic mass is 9.97. The van der Waals surface area contributed by atoms with Crippen molar-refractivity contribution < 1.29 is 27.5 Å². The summed E-state index contributed by atoms with van der Waals surface area (Å²) in [7, 11) is 3.20. The van der Waals surface area contributed by atoms with Crippen molar-refractivity contribution in [1.82, 2.24) is 24.7 Å². The third kappa shape index (κ3) is 7.30. The van der Waals surface area contributed by atoms with Crippen LogP contribution in [0.2, 0.25) is 0 Å². The zero-order chi connectivity index (χ0) is 34.0. The number of benzene rings is 3. The molecule has 1 fully saturated rings. The van der Waals surface area contributed by atoms with Gasteiger partial charge in [-0.1, -0.05) is 18.2 Å². The van der Waals surface area contributed by atoms with E-state index in [9.17, 15) is 22.8 Å². The van der Waals surface area contributed by atoms with Crippen LogP contribution in [0.25, 0.3) is 22.0 Å². The number of rotatable bonds is 7. The third-order valence-electron chi connectivity index (χ3n) is 8.50. The normalized spacial score (nSPS) is 13.4. The van der Waals surface area contributed by atoms with Crippen molar-refractivity contribution in [1.29, 1.82) is 5.26 Å². The van der Waals surface area contributed by atoms with Crippen LogP contribution < -0.4 is 10.1 Å². The number of carbonyl (C=O) groups excluding carboxylic acids is 2. The van der Waals surface area contributed by atoms with Gasteiger partial charge < -0.3 is 19.5 Å². The number of piperazine rings is 1. The molecule has 0 unspecified atom stereocenters. The van der Waals surface area contributed by atoms with E-state index in [1.54, 1.807) is 54.1 Å². The monoisotopic (exact) mass is 732 g/mol. The minimum absolute atomic E-state index is 0. The molecule has 6 rings (SSSR count). The number of nitriles is 1. The molecule has 0 radical (unpaired) electrons. The Labute approximate surface area is 291 Å². The summed E-state index contributed by atoms with van der Waals surface area (Å²) in [6.45, 7) is 3.20. The maximum atomic E-state index is 13.8. The summed E-state index contributed by atoms with van der Waals surface area (Å²) >= 11 is 0. The molecule has 3 aromatic carbocycles. The SMILES string of the molecule is Br.CNC(=O)c1ccc(C(F)(F)F)cc1-c1cccnc1Oc1cccc2c1cc(C(=O)N1CCN(Cc3ccc(C#N)cc3)CC1)n2C. The molecule has 9 nitrogen and oxygen atoms in total. The van der Waals surface area contributed by atoms with Gasteiger partial charge in [0.25, 0.3) is 11.8 Å². The molecule has 1 aliphatic heterocycles. The average molecular weight is 734 g/mol. The van der Waals surface area contributed by atoms with Crippen molar-refractivity contribution in [2.24, 2.45) is 7.05 Å². The third-order valence-corrected chi connectivity index (χ3v) is 8.50. The zero-order valence-corrected chi connectivity index (χ0v) is 28.3. The first-order chi connectivity index (χ1) is 23.1. The van der Waals surface area contributed by atoms with Gasteiger partial charge in [-0.2, -0.15) is 18.4 Å². The van der Waals surface area contributed by atoms with Gasteiger partial charge in [0.15, 0.2) is 0 Å². The smallest absolute Gasteiger partial charge is 0.416 e. The Morgan fingerprint density at radius 2 is 1.69 bits per heavy atom. The molecule has 3 heterocycles. The molecule has 0 spiro atoms. The quantitative estimate of drug-likeness (QED) is 0.197. The summed E-state index contributed by atoms with van der Waals surface area (Å²) in [5.74, 6) is -0.334. The summed E-state index contributed by atoms with van der Waals surface area (Å²) in [5.41, 5.74) is 2.23. The van der Waals surface area contributed by atoms with Crippen LogP contribution in [0, 0.1) is 11.3 Å². The van der Waals surface area contributed by atoms with Crippen molar-refractivity contribution in [3.63, 3.8) is 0 Å². The standard InChI is InChI=1S/C36H31F3N6O3.BrH/c1-41-33(46)26-13-12-25(36(37,38)39)19-28(26)27-5-4-14-42-34(27)48-32-7-3-6-30-29(32)20-31(43(30)2)35(47)45-17-15-44(16-18-45)22-24-10-8-23(21-40)9-11-24;/h3-14,19-20H,15-18,22H2,1-2H3,(H,41,46);1H. The Morgan fingerprint density at radius 1 is 0.959 bits per heavy atom. The molecule has 2 amide bonds. The van der Waals surface area contributed by atoms with Crippen molar-refractivity contribution in [3.8, 4) is 28.8 Å². The first kappa shape index (κ1) is 35.1. The molecule has 0 saturated carbocycles. The van der Waals surface area contributed by atoms with Gasteiger partial charge in [0.05, 0.1) is 22.7 Å². The van der Waals surface area contributed by atoms with E-state index in [-0.39, 0.29) is 45.5 Å². The van der Waals surface area contributed by atoms with Crippen molar-refractivity contribution in [2.45, 2.75) is 12.7 Å². The number of carbonyl (C=O) groups is 2.